The fourth-order valence-electron chi connectivity index (χ4n) is 4.62. The molecule has 0 saturated carbocycles. The fraction of sp³-hybridized carbons (Fsp3) is 0.321. The van der Waals surface area contributed by atoms with E-state index in [1.165, 1.54) is 24.6 Å². The monoisotopic (exact) mass is 468 g/mol. The SMILES string of the molecule is CC(C)Oc1cncc(-c2cc3c(c(Nc4ccc(C5CCN(C)CC5)cc4)n2)C(=O)[N]C=C3)c1. The minimum Gasteiger partial charge on any atom is -0.489 e. The Morgan fingerprint density at radius 1 is 1.09 bits per heavy atom. The van der Waals surface area contributed by atoms with E-state index in [1.54, 1.807) is 12.4 Å². The molecule has 0 aliphatic carbocycles. The third-order valence-corrected chi connectivity index (χ3v) is 6.45. The van der Waals surface area contributed by atoms with E-state index in [2.05, 4.69) is 51.8 Å². The lowest BCUT2D eigenvalue weighted by molar-refractivity contribution is 0.0965. The first kappa shape index (κ1) is 23.1. The zero-order chi connectivity index (χ0) is 24.4. The molecular formula is C28H30N5O2. The topological polar surface area (TPSA) is 81.4 Å². The van der Waals surface area contributed by atoms with Crippen LogP contribution in [-0.2, 0) is 0 Å². The molecule has 5 rings (SSSR count). The molecule has 1 fully saturated rings. The molecule has 1 aromatic carbocycles. The molecule has 0 atom stereocenters. The molecule has 2 aliphatic heterocycles. The Kier molecular flexibility index (Phi) is 6.51. The number of pyridine rings is 2. The zero-order valence-corrected chi connectivity index (χ0v) is 20.4. The summed E-state index contributed by atoms with van der Waals surface area (Å²) < 4.78 is 5.81. The second kappa shape index (κ2) is 9.88. The maximum Gasteiger partial charge on any atom is 0.281 e. The van der Waals surface area contributed by atoms with Crippen LogP contribution in [0.2, 0.25) is 0 Å². The predicted octanol–water partition coefficient (Wildman–Crippen LogP) is 5.21. The van der Waals surface area contributed by atoms with Gasteiger partial charge in [0.2, 0.25) is 0 Å². The Morgan fingerprint density at radius 2 is 1.86 bits per heavy atom. The van der Waals surface area contributed by atoms with Gasteiger partial charge < -0.3 is 15.0 Å². The highest BCUT2D eigenvalue weighted by atomic mass is 16.5. The molecular weight excluding hydrogens is 438 g/mol. The molecule has 35 heavy (non-hydrogen) atoms. The van der Waals surface area contributed by atoms with Crippen LogP contribution in [0.3, 0.4) is 0 Å². The van der Waals surface area contributed by atoms with Gasteiger partial charge >= 0.3 is 0 Å². The van der Waals surface area contributed by atoms with Gasteiger partial charge in [0.1, 0.15) is 11.6 Å². The maximum absolute atomic E-state index is 12.7. The molecule has 7 heteroatoms. The zero-order valence-electron chi connectivity index (χ0n) is 20.4. The summed E-state index contributed by atoms with van der Waals surface area (Å²) in [6.45, 7) is 6.21. The maximum atomic E-state index is 12.7. The summed E-state index contributed by atoms with van der Waals surface area (Å²) in [4.78, 5) is 24.2. The van der Waals surface area contributed by atoms with Gasteiger partial charge in [0.15, 0.2) is 0 Å². The van der Waals surface area contributed by atoms with Crippen molar-refractivity contribution in [1.82, 2.24) is 20.2 Å². The van der Waals surface area contributed by atoms with E-state index >= 15 is 0 Å². The number of ether oxygens (including phenoxy) is 1. The Hall–Kier alpha value is -3.71. The van der Waals surface area contributed by atoms with Crippen LogP contribution in [-0.4, -0.2) is 47.0 Å². The second-order valence-electron chi connectivity index (χ2n) is 9.47. The molecule has 0 bridgehead atoms. The van der Waals surface area contributed by atoms with Crippen molar-refractivity contribution in [2.75, 3.05) is 25.5 Å². The molecule has 4 heterocycles. The average Bonchev–Trinajstić information content (AvgIpc) is 2.85. The molecule has 1 N–H and O–H groups in total. The van der Waals surface area contributed by atoms with Crippen molar-refractivity contribution in [3.8, 4) is 17.0 Å². The Morgan fingerprint density at radius 3 is 2.60 bits per heavy atom. The van der Waals surface area contributed by atoms with Crippen LogP contribution in [0.25, 0.3) is 17.3 Å². The van der Waals surface area contributed by atoms with Gasteiger partial charge in [0.25, 0.3) is 5.91 Å². The molecule has 2 aromatic heterocycles. The van der Waals surface area contributed by atoms with Gasteiger partial charge in [-0.15, -0.1) is 0 Å². The number of aromatic nitrogens is 2. The number of hydrogen-bond donors (Lipinski definition) is 1. The number of amides is 1. The first-order valence-corrected chi connectivity index (χ1v) is 12.1. The van der Waals surface area contributed by atoms with Crippen molar-refractivity contribution >= 4 is 23.5 Å². The Balaban J connectivity index is 1.45. The molecule has 7 nitrogen and oxygen atoms in total. The number of nitrogens with one attached hydrogen (secondary N) is 1. The van der Waals surface area contributed by atoms with Crippen LogP contribution in [0.4, 0.5) is 11.5 Å². The highest BCUT2D eigenvalue weighted by molar-refractivity contribution is 6.05. The van der Waals surface area contributed by atoms with E-state index < -0.39 is 0 Å². The summed E-state index contributed by atoms with van der Waals surface area (Å²) in [6, 6.07) is 12.3. The van der Waals surface area contributed by atoms with E-state index in [0.717, 1.165) is 29.9 Å². The van der Waals surface area contributed by atoms with Crippen LogP contribution in [0.1, 0.15) is 54.1 Å². The van der Waals surface area contributed by atoms with Gasteiger partial charge in [0.05, 0.1) is 23.6 Å². The van der Waals surface area contributed by atoms with E-state index in [-0.39, 0.29) is 12.0 Å². The van der Waals surface area contributed by atoms with Gasteiger partial charge in [-0.3, -0.25) is 9.78 Å². The second-order valence-corrected chi connectivity index (χ2v) is 9.47. The number of nitrogens with zero attached hydrogens (tertiary/aromatic N) is 4. The number of rotatable bonds is 6. The number of carbonyl (C=O) groups is 1. The molecule has 2 aliphatic rings. The average molecular weight is 469 g/mol. The standard InChI is InChI=1S/C28H30N5O2/c1-18(2)35-24-14-22(16-29-17-24)25-15-21-8-11-30-28(34)26(21)27(32-25)31-23-6-4-19(5-7-23)20-9-12-33(3)13-10-20/h4-8,11,14-18,20H,9-10,12-13H2,1-3H3,(H,31,32). The first-order valence-electron chi connectivity index (χ1n) is 12.1. The number of fused-ring (bicyclic) bond motifs is 1. The van der Waals surface area contributed by atoms with E-state index in [9.17, 15) is 4.79 Å². The van der Waals surface area contributed by atoms with Gasteiger partial charge in [-0.05, 0) is 94.2 Å². The van der Waals surface area contributed by atoms with E-state index in [4.69, 9.17) is 9.72 Å². The van der Waals surface area contributed by atoms with Crippen molar-refractivity contribution in [2.45, 2.75) is 38.7 Å². The van der Waals surface area contributed by atoms with Crippen LogP contribution in [0.5, 0.6) is 5.75 Å². The molecule has 3 aromatic rings. The summed E-state index contributed by atoms with van der Waals surface area (Å²) >= 11 is 0. The molecule has 1 radical (unpaired) electrons. The smallest absolute Gasteiger partial charge is 0.281 e. The lowest BCUT2D eigenvalue weighted by Crippen LogP contribution is -2.29. The minimum absolute atomic E-state index is 0.0421. The molecule has 0 spiro atoms. The Labute approximate surface area is 206 Å². The molecule has 0 unspecified atom stereocenters. The fourth-order valence-corrected chi connectivity index (χ4v) is 4.62. The van der Waals surface area contributed by atoms with Gasteiger partial charge in [0, 0.05) is 23.6 Å². The molecule has 1 saturated heterocycles. The number of piperidine rings is 1. The van der Waals surface area contributed by atoms with Crippen LogP contribution >= 0.6 is 0 Å². The highest BCUT2D eigenvalue weighted by Crippen LogP contribution is 2.33. The summed E-state index contributed by atoms with van der Waals surface area (Å²) in [7, 11) is 2.18. The lowest BCUT2D eigenvalue weighted by Gasteiger charge is -2.29. The van der Waals surface area contributed by atoms with Gasteiger partial charge in [-0.25, -0.2) is 10.3 Å². The number of benzene rings is 1. The van der Waals surface area contributed by atoms with Crippen molar-refractivity contribution in [1.29, 1.82) is 0 Å². The largest absolute Gasteiger partial charge is 0.489 e. The van der Waals surface area contributed by atoms with Crippen LogP contribution in [0.15, 0.2) is 55.0 Å². The number of anilines is 2. The van der Waals surface area contributed by atoms with Crippen molar-refractivity contribution in [3.05, 3.63) is 71.7 Å². The van der Waals surface area contributed by atoms with Gasteiger partial charge in [-0.1, -0.05) is 12.1 Å². The van der Waals surface area contributed by atoms with Crippen molar-refractivity contribution in [2.24, 2.45) is 0 Å². The van der Waals surface area contributed by atoms with Crippen LogP contribution < -0.4 is 15.4 Å². The lowest BCUT2D eigenvalue weighted by atomic mass is 9.89. The third kappa shape index (κ3) is 5.20. The summed E-state index contributed by atoms with van der Waals surface area (Å²) in [5.41, 5.74) is 5.00. The molecule has 179 valence electrons. The summed E-state index contributed by atoms with van der Waals surface area (Å²) in [6.07, 6.45) is 9.20. The predicted molar refractivity (Wildman–Crippen MR) is 138 cm³/mol. The Bertz CT molecular complexity index is 1240. The number of likely N-dealkylation sites (tertiary alicyclic amines) is 1. The highest BCUT2D eigenvalue weighted by Gasteiger charge is 2.23. The van der Waals surface area contributed by atoms with E-state index in [0.29, 0.717) is 28.7 Å². The van der Waals surface area contributed by atoms with Gasteiger partial charge in [-0.2, -0.15) is 0 Å². The normalized spacial score (nSPS) is 16.2. The summed E-state index contributed by atoms with van der Waals surface area (Å²) in [5, 5.41) is 7.34. The molecule has 1 amide bonds. The van der Waals surface area contributed by atoms with Crippen LogP contribution in [0, 0.1) is 0 Å². The quantitative estimate of drug-likeness (QED) is 0.535. The van der Waals surface area contributed by atoms with E-state index in [1.807, 2.05) is 32.1 Å². The van der Waals surface area contributed by atoms with Crippen molar-refractivity contribution < 1.29 is 9.53 Å². The number of carbonyl (C=O) groups excluding carboxylic acids is 1. The minimum atomic E-state index is -0.304. The third-order valence-electron chi connectivity index (χ3n) is 6.45. The van der Waals surface area contributed by atoms with Crippen molar-refractivity contribution in [3.63, 3.8) is 0 Å². The first-order chi connectivity index (χ1) is 17.0. The number of hydrogen-bond acceptors (Lipinski definition) is 6. The summed E-state index contributed by atoms with van der Waals surface area (Å²) in [5.74, 6) is 1.45.